The van der Waals surface area contributed by atoms with E-state index >= 15 is 0 Å². The van der Waals surface area contributed by atoms with Crippen LogP contribution in [0.1, 0.15) is 11.1 Å². The molecule has 29 heavy (non-hydrogen) atoms. The lowest BCUT2D eigenvalue weighted by molar-refractivity contribution is -0.384. The van der Waals surface area contributed by atoms with Gasteiger partial charge in [-0.1, -0.05) is 72.3 Å². The molecule has 1 heterocycles. The topological polar surface area (TPSA) is 69.4 Å². The second kappa shape index (κ2) is 7.73. The standard InChI is InChI=1S/C23H14ClNO4/c24-20-11-6-15(13-21(20)25(27)28)12-19-14-22(29-23(19)26)18-9-7-17(8-10-18)16-4-2-1-3-5-16/h1-14H/b19-12+. The van der Waals surface area contributed by atoms with Crippen LogP contribution < -0.4 is 0 Å². The molecule has 0 atom stereocenters. The minimum absolute atomic E-state index is 0.0425. The monoisotopic (exact) mass is 403 g/mol. The summed E-state index contributed by atoms with van der Waals surface area (Å²) >= 11 is 5.83. The van der Waals surface area contributed by atoms with Crippen LogP contribution in [0.3, 0.4) is 0 Å². The smallest absolute Gasteiger partial charge is 0.343 e. The van der Waals surface area contributed by atoms with Crippen LogP contribution in [0.25, 0.3) is 23.0 Å². The van der Waals surface area contributed by atoms with Gasteiger partial charge in [-0.25, -0.2) is 4.79 Å². The molecular weight excluding hydrogens is 390 g/mol. The third-order valence-corrected chi connectivity index (χ3v) is 4.81. The molecule has 0 aromatic heterocycles. The lowest BCUT2D eigenvalue weighted by Crippen LogP contribution is -1.97. The molecule has 0 amide bonds. The fourth-order valence-corrected chi connectivity index (χ4v) is 3.21. The van der Waals surface area contributed by atoms with Gasteiger partial charge in [0, 0.05) is 11.6 Å². The van der Waals surface area contributed by atoms with Crippen molar-refractivity contribution >= 4 is 35.1 Å². The van der Waals surface area contributed by atoms with Gasteiger partial charge < -0.3 is 4.74 Å². The number of hydrogen-bond donors (Lipinski definition) is 0. The maximum Gasteiger partial charge on any atom is 0.343 e. The van der Waals surface area contributed by atoms with E-state index < -0.39 is 10.9 Å². The molecule has 142 valence electrons. The number of rotatable bonds is 4. The van der Waals surface area contributed by atoms with Crippen LogP contribution in [0.5, 0.6) is 0 Å². The van der Waals surface area contributed by atoms with Gasteiger partial charge in [-0.15, -0.1) is 0 Å². The van der Waals surface area contributed by atoms with E-state index in [2.05, 4.69) is 0 Å². The Bertz CT molecular complexity index is 1170. The number of nitro groups is 1. The molecule has 0 N–H and O–H groups in total. The zero-order chi connectivity index (χ0) is 20.4. The Morgan fingerprint density at radius 1 is 0.897 bits per heavy atom. The number of benzene rings is 3. The van der Waals surface area contributed by atoms with Crippen LogP contribution in [-0.2, 0) is 9.53 Å². The van der Waals surface area contributed by atoms with Gasteiger partial charge in [0.15, 0.2) is 0 Å². The van der Waals surface area contributed by atoms with Crippen LogP contribution in [0, 0.1) is 10.1 Å². The van der Waals surface area contributed by atoms with Crippen molar-refractivity contribution in [1.82, 2.24) is 0 Å². The highest BCUT2D eigenvalue weighted by Crippen LogP contribution is 2.31. The Morgan fingerprint density at radius 3 is 2.24 bits per heavy atom. The summed E-state index contributed by atoms with van der Waals surface area (Å²) in [4.78, 5) is 22.7. The molecule has 0 saturated carbocycles. The van der Waals surface area contributed by atoms with Gasteiger partial charge in [-0.3, -0.25) is 10.1 Å². The Kier molecular flexibility index (Phi) is 4.97. The number of ether oxygens (including phenoxy) is 1. The molecule has 5 nitrogen and oxygen atoms in total. The number of halogens is 1. The van der Waals surface area contributed by atoms with Crippen molar-refractivity contribution in [2.75, 3.05) is 0 Å². The molecule has 0 radical (unpaired) electrons. The minimum Gasteiger partial charge on any atom is -0.422 e. The van der Waals surface area contributed by atoms with E-state index in [1.807, 2.05) is 54.6 Å². The number of nitrogens with zero attached hydrogens (tertiary/aromatic N) is 1. The number of hydrogen-bond acceptors (Lipinski definition) is 4. The van der Waals surface area contributed by atoms with E-state index in [1.54, 1.807) is 12.1 Å². The van der Waals surface area contributed by atoms with Crippen LogP contribution >= 0.6 is 11.6 Å². The normalized spacial score (nSPS) is 14.6. The number of carbonyl (C=O) groups is 1. The maximum absolute atomic E-state index is 12.2. The largest absolute Gasteiger partial charge is 0.422 e. The summed E-state index contributed by atoms with van der Waals surface area (Å²) < 4.78 is 5.37. The van der Waals surface area contributed by atoms with Crippen LogP contribution in [0.15, 0.2) is 84.4 Å². The van der Waals surface area contributed by atoms with E-state index in [0.29, 0.717) is 16.9 Å². The molecule has 0 aliphatic carbocycles. The fraction of sp³-hybridized carbons (Fsp3) is 0. The van der Waals surface area contributed by atoms with Crippen molar-refractivity contribution in [2.45, 2.75) is 0 Å². The predicted molar refractivity (Wildman–Crippen MR) is 112 cm³/mol. The zero-order valence-electron chi connectivity index (χ0n) is 15.0. The van der Waals surface area contributed by atoms with Crippen molar-refractivity contribution < 1.29 is 14.5 Å². The zero-order valence-corrected chi connectivity index (χ0v) is 15.8. The van der Waals surface area contributed by atoms with E-state index in [0.717, 1.165) is 16.7 Å². The summed E-state index contributed by atoms with van der Waals surface area (Å²) in [7, 11) is 0. The first-order valence-electron chi connectivity index (χ1n) is 8.76. The Morgan fingerprint density at radius 2 is 1.55 bits per heavy atom. The first-order valence-corrected chi connectivity index (χ1v) is 9.14. The molecule has 3 aromatic rings. The van der Waals surface area contributed by atoms with Gasteiger partial charge in [0.1, 0.15) is 10.8 Å². The molecule has 0 bridgehead atoms. The van der Waals surface area contributed by atoms with Crippen molar-refractivity contribution in [1.29, 1.82) is 0 Å². The average Bonchev–Trinajstić information content (AvgIpc) is 3.10. The van der Waals surface area contributed by atoms with Gasteiger partial charge in [0.05, 0.1) is 10.5 Å². The van der Waals surface area contributed by atoms with Crippen LogP contribution in [0.2, 0.25) is 5.02 Å². The molecule has 0 spiro atoms. The summed E-state index contributed by atoms with van der Waals surface area (Å²) in [6, 6.07) is 22.0. The minimum atomic E-state index is -0.563. The second-order valence-electron chi connectivity index (χ2n) is 6.41. The van der Waals surface area contributed by atoms with Gasteiger partial charge in [-0.05, 0) is 34.9 Å². The lowest BCUT2D eigenvalue weighted by Gasteiger charge is -2.05. The number of esters is 1. The molecule has 3 aromatic carbocycles. The van der Waals surface area contributed by atoms with E-state index in [-0.39, 0.29) is 10.7 Å². The summed E-state index contributed by atoms with van der Waals surface area (Å²) in [6.07, 6.45) is 3.16. The fourth-order valence-electron chi connectivity index (χ4n) is 3.03. The van der Waals surface area contributed by atoms with Crippen molar-refractivity contribution in [3.63, 3.8) is 0 Å². The highest BCUT2D eigenvalue weighted by Gasteiger charge is 2.22. The van der Waals surface area contributed by atoms with E-state index in [9.17, 15) is 14.9 Å². The lowest BCUT2D eigenvalue weighted by atomic mass is 10.0. The van der Waals surface area contributed by atoms with Crippen LogP contribution in [-0.4, -0.2) is 10.9 Å². The quantitative estimate of drug-likeness (QED) is 0.235. The third-order valence-electron chi connectivity index (χ3n) is 4.49. The number of cyclic esters (lactones) is 1. The van der Waals surface area contributed by atoms with Gasteiger partial charge in [-0.2, -0.15) is 0 Å². The van der Waals surface area contributed by atoms with Crippen LogP contribution in [0.4, 0.5) is 5.69 Å². The predicted octanol–water partition coefficient (Wildman–Crippen LogP) is 5.90. The second-order valence-corrected chi connectivity index (χ2v) is 6.82. The van der Waals surface area contributed by atoms with Crippen molar-refractivity contribution in [3.8, 4) is 11.1 Å². The Hall–Kier alpha value is -3.70. The molecule has 0 unspecified atom stereocenters. The third kappa shape index (κ3) is 3.95. The first-order chi connectivity index (χ1) is 14.0. The maximum atomic E-state index is 12.2. The Labute approximate surface area is 171 Å². The first kappa shape index (κ1) is 18.7. The number of carbonyl (C=O) groups excluding carboxylic acids is 1. The molecule has 0 fully saturated rings. The van der Waals surface area contributed by atoms with Crippen molar-refractivity contribution in [3.05, 3.63) is 111 Å². The van der Waals surface area contributed by atoms with Gasteiger partial charge >= 0.3 is 5.97 Å². The SMILES string of the molecule is O=C1OC(c2ccc(-c3ccccc3)cc2)=C/C1=C\c1ccc(Cl)c([N+](=O)[O-])c1. The highest BCUT2D eigenvalue weighted by atomic mass is 35.5. The summed E-state index contributed by atoms with van der Waals surface area (Å²) in [6.45, 7) is 0. The summed E-state index contributed by atoms with van der Waals surface area (Å²) in [5.74, 6) is -0.0749. The highest BCUT2D eigenvalue weighted by molar-refractivity contribution is 6.32. The van der Waals surface area contributed by atoms with E-state index in [1.165, 1.54) is 18.2 Å². The number of nitro benzene ring substituents is 1. The van der Waals surface area contributed by atoms with Gasteiger partial charge in [0.25, 0.3) is 5.69 Å². The molecule has 4 rings (SSSR count). The average molecular weight is 404 g/mol. The molecule has 1 aliphatic rings. The Balaban J connectivity index is 1.62. The summed E-state index contributed by atoms with van der Waals surface area (Å²) in [5, 5.41) is 11.1. The van der Waals surface area contributed by atoms with Crippen molar-refractivity contribution in [2.24, 2.45) is 0 Å². The molecular formula is C23H14ClNO4. The molecule has 6 heteroatoms. The van der Waals surface area contributed by atoms with Gasteiger partial charge in [0.2, 0.25) is 0 Å². The molecule has 0 saturated heterocycles. The van der Waals surface area contributed by atoms with E-state index in [4.69, 9.17) is 16.3 Å². The molecule has 1 aliphatic heterocycles. The summed E-state index contributed by atoms with van der Waals surface area (Å²) in [5.41, 5.74) is 3.51.